The number of hydrogen-bond donors (Lipinski definition) is 1. The van der Waals surface area contributed by atoms with Crippen molar-refractivity contribution in [1.82, 2.24) is 0 Å². The van der Waals surface area contributed by atoms with Crippen LogP contribution in [0.5, 0.6) is 0 Å². The third-order valence-electron chi connectivity index (χ3n) is 4.81. The molecule has 0 saturated carbocycles. The second-order valence-corrected chi connectivity index (χ2v) is 7.42. The topological polar surface area (TPSA) is 44.5 Å². The fourth-order valence-electron chi connectivity index (χ4n) is 3.59. The summed E-state index contributed by atoms with van der Waals surface area (Å²) in [6, 6.07) is 0. The number of hydrogen-bond acceptors (Lipinski definition) is 4. The van der Waals surface area contributed by atoms with E-state index in [9.17, 15) is 0 Å². The highest BCUT2D eigenvalue weighted by molar-refractivity contribution is 7.99. The highest BCUT2D eigenvalue weighted by atomic mass is 32.2. The molecule has 2 unspecified atom stereocenters. The van der Waals surface area contributed by atoms with Crippen LogP contribution in [-0.4, -0.2) is 49.6 Å². The van der Waals surface area contributed by atoms with E-state index in [4.69, 9.17) is 15.2 Å². The Bertz CT molecular complexity index is 294. The summed E-state index contributed by atoms with van der Waals surface area (Å²) in [7, 11) is 1.59. The predicted molar refractivity (Wildman–Crippen MR) is 82.0 cm³/mol. The molecule has 20 heavy (non-hydrogen) atoms. The van der Waals surface area contributed by atoms with Crippen LogP contribution in [0.3, 0.4) is 0 Å². The summed E-state index contributed by atoms with van der Waals surface area (Å²) in [6.45, 7) is 1.41. The van der Waals surface area contributed by atoms with Gasteiger partial charge in [-0.25, -0.2) is 4.39 Å². The maximum atomic E-state index is 15.4. The molecule has 0 aromatic heterocycles. The number of ether oxygens (including phenoxy) is 2. The van der Waals surface area contributed by atoms with Crippen molar-refractivity contribution >= 4 is 11.8 Å². The predicted octanol–water partition coefficient (Wildman–Crippen LogP) is 2.77. The fraction of sp³-hybridized carbons (Fsp3) is 1.00. The van der Waals surface area contributed by atoms with Gasteiger partial charge in [-0.2, -0.15) is 11.8 Å². The van der Waals surface area contributed by atoms with Gasteiger partial charge in [-0.05, 0) is 56.6 Å². The molecule has 0 aromatic carbocycles. The van der Waals surface area contributed by atoms with Crippen molar-refractivity contribution in [2.24, 2.45) is 11.7 Å². The normalized spacial score (nSPS) is 29.2. The van der Waals surface area contributed by atoms with Gasteiger partial charge in [0, 0.05) is 19.6 Å². The summed E-state index contributed by atoms with van der Waals surface area (Å²) in [5.41, 5.74) is 4.25. The van der Waals surface area contributed by atoms with Crippen LogP contribution in [0.1, 0.15) is 38.5 Å². The molecule has 2 heterocycles. The Morgan fingerprint density at radius 1 is 1.45 bits per heavy atom. The Balaban J connectivity index is 2.03. The average Bonchev–Trinajstić information content (AvgIpc) is 2.46. The van der Waals surface area contributed by atoms with E-state index < -0.39 is 5.67 Å². The molecule has 2 fully saturated rings. The molecule has 2 aliphatic heterocycles. The minimum absolute atomic E-state index is 0.0471. The molecule has 1 spiro atoms. The molecule has 2 rings (SSSR count). The van der Waals surface area contributed by atoms with E-state index in [1.165, 1.54) is 0 Å². The van der Waals surface area contributed by atoms with E-state index in [1.54, 1.807) is 7.11 Å². The summed E-state index contributed by atoms with van der Waals surface area (Å²) < 4.78 is 26.6. The highest BCUT2D eigenvalue weighted by Gasteiger charge is 2.47. The summed E-state index contributed by atoms with van der Waals surface area (Å²) in [4.78, 5) is 0. The SMILES string of the molecule is COCC(F)(CCCN)C1CCOC2(CCSCC2)C1. The third kappa shape index (κ3) is 3.87. The van der Waals surface area contributed by atoms with Gasteiger partial charge in [-0.3, -0.25) is 0 Å². The second kappa shape index (κ2) is 7.43. The van der Waals surface area contributed by atoms with E-state index in [0.29, 0.717) is 19.6 Å². The number of methoxy groups -OCH3 is 1. The number of rotatable bonds is 6. The quantitative estimate of drug-likeness (QED) is 0.819. The number of halogens is 1. The van der Waals surface area contributed by atoms with Gasteiger partial charge in [0.1, 0.15) is 5.67 Å². The van der Waals surface area contributed by atoms with Crippen LogP contribution in [-0.2, 0) is 9.47 Å². The van der Waals surface area contributed by atoms with Gasteiger partial charge in [-0.15, -0.1) is 0 Å². The first-order chi connectivity index (χ1) is 9.64. The molecule has 2 aliphatic rings. The Hall–Kier alpha value is 0.160. The lowest BCUT2D eigenvalue weighted by atomic mass is 9.73. The van der Waals surface area contributed by atoms with Gasteiger partial charge in [0.25, 0.3) is 0 Å². The van der Waals surface area contributed by atoms with E-state index in [-0.39, 0.29) is 18.1 Å². The van der Waals surface area contributed by atoms with Gasteiger partial charge < -0.3 is 15.2 Å². The molecule has 5 heteroatoms. The number of thioether (sulfide) groups is 1. The summed E-state index contributed by atoms with van der Waals surface area (Å²) >= 11 is 1.98. The maximum Gasteiger partial charge on any atom is 0.137 e. The summed E-state index contributed by atoms with van der Waals surface area (Å²) in [6.07, 6.45) is 5.01. The first kappa shape index (κ1) is 16.5. The monoisotopic (exact) mass is 305 g/mol. The van der Waals surface area contributed by atoms with Gasteiger partial charge in [0.05, 0.1) is 12.2 Å². The van der Waals surface area contributed by atoms with Crippen molar-refractivity contribution in [3.05, 3.63) is 0 Å². The molecule has 0 aromatic rings. The lowest BCUT2D eigenvalue weighted by Crippen LogP contribution is -2.50. The molecule has 0 aliphatic carbocycles. The minimum atomic E-state index is -1.24. The third-order valence-corrected chi connectivity index (χ3v) is 5.80. The van der Waals surface area contributed by atoms with Crippen molar-refractivity contribution < 1.29 is 13.9 Å². The molecule has 2 atom stereocenters. The molecular formula is C15H28FNO2S. The van der Waals surface area contributed by atoms with Crippen LogP contribution in [0.25, 0.3) is 0 Å². The number of alkyl halides is 1. The minimum Gasteiger partial charge on any atom is -0.381 e. The van der Waals surface area contributed by atoms with Crippen LogP contribution in [0.4, 0.5) is 4.39 Å². The summed E-state index contributed by atoms with van der Waals surface area (Å²) in [5.74, 6) is 2.32. The van der Waals surface area contributed by atoms with Gasteiger partial charge in [0.15, 0.2) is 0 Å². The first-order valence-electron chi connectivity index (χ1n) is 7.74. The average molecular weight is 305 g/mol. The lowest BCUT2D eigenvalue weighted by molar-refractivity contribution is -0.140. The fourth-order valence-corrected chi connectivity index (χ4v) is 4.83. The molecule has 0 bridgehead atoms. The van der Waals surface area contributed by atoms with Gasteiger partial charge in [0.2, 0.25) is 0 Å². The molecule has 2 N–H and O–H groups in total. The van der Waals surface area contributed by atoms with Gasteiger partial charge >= 0.3 is 0 Å². The Kier molecular flexibility index (Phi) is 6.14. The zero-order valence-corrected chi connectivity index (χ0v) is 13.4. The largest absolute Gasteiger partial charge is 0.381 e. The zero-order valence-electron chi connectivity index (χ0n) is 12.5. The number of nitrogens with two attached hydrogens (primary N) is 1. The molecule has 118 valence electrons. The van der Waals surface area contributed by atoms with E-state index in [2.05, 4.69) is 0 Å². The standard InChI is InChI=1S/C15H28FNO2S/c1-18-12-15(16,4-2-7-17)13-3-8-19-14(11-13)5-9-20-10-6-14/h13H,2-12,17H2,1H3. The van der Waals surface area contributed by atoms with E-state index in [1.807, 2.05) is 11.8 Å². The smallest absolute Gasteiger partial charge is 0.137 e. The van der Waals surface area contributed by atoms with E-state index in [0.717, 1.165) is 43.6 Å². The van der Waals surface area contributed by atoms with Crippen LogP contribution < -0.4 is 5.73 Å². The summed E-state index contributed by atoms with van der Waals surface area (Å²) in [5, 5.41) is 0. The van der Waals surface area contributed by atoms with Crippen molar-refractivity contribution in [3.8, 4) is 0 Å². The van der Waals surface area contributed by atoms with Crippen LogP contribution in [0.2, 0.25) is 0 Å². The van der Waals surface area contributed by atoms with Crippen LogP contribution in [0.15, 0.2) is 0 Å². The molecule has 3 nitrogen and oxygen atoms in total. The van der Waals surface area contributed by atoms with Gasteiger partial charge in [-0.1, -0.05) is 0 Å². The highest BCUT2D eigenvalue weighted by Crippen LogP contribution is 2.45. The van der Waals surface area contributed by atoms with Crippen molar-refractivity contribution in [2.75, 3.05) is 38.4 Å². The molecule has 0 amide bonds. The van der Waals surface area contributed by atoms with E-state index >= 15 is 4.39 Å². The Morgan fingerprint density at radius 2 is 2.20 bits per heavy atom. The van der Waals surface area contributed by atoms with Crippen molar-refractivity contribution in [2.45, 2.75) is 49.8 Å². The van der Waals surface area contributed by atoms with Crippen LogP contribution in [0, 0.1) is 5.92 Å². The van der Waals surface area contributed by atoms with Crippen molar-refractivity contribution in [3.63, 3.8) is 0 Å². The second-order valence-electron chi connectivity index (χ2n) is 6.19. The van der Waals surface area contributed by atoms with Crippen LogP contribution >= 0.6 is 11.8 Å². The Labute approximate surface area is 126 Å². The first-order valence-corrected chi connectivity index (χ1v) is 8.89. The molecular weight excluding hydrogens is 277 g/mol. The Morgan fingerprint density at radius 3 is 2.85 bits per heavy atom. The maximum absolute atomic E-state index is 15.4. The zero-order chi connectivity index (χ0) is 14.5. The lowest BCUT2D eigenvalue weighted by Gasteiger charge is -2.47. The molecule has 2 saturated heterocycles. The molecule has 0 radical (unpaired) electrons. The van der Waals surface area contributed by atoms with Crippen molar-refractivity contribution in [1.29, 1.82) is 0 Å².